The molecule has 1 saturated heterocycles. The molecule has 3 unspecified atom stereocenters. The molecule has 1 fully saturated rings. The lowest BCUT2D eigenvalue weighted by molar-refractivity contribution is -0.167. The highest BCUT2D eigenvalue weighted by atomic mass is 16.6. The summed E-state index contributed by atoms with van der Waals surface area (Å²) >= 11 is 0. The van der Waals surface area contributed by atoms with Gasteiger partial charge in [0.05, 0.1) is 12.6 Å². The molecule has 2 heterocycles. The molecule has 0 radical (unpaired) electrons. The van der Waals surface area contributed by atoms with Crippen LogP contribution >= 0.6 is 0 Å². The Bertz CT molecular complexity index is 1730. The third-order valence-electron chi connectivity index (χ3n) is 8.19. The van der Waals surface area contributed by atoms with Crippen LogP contribution in [0.1, 0.15) is 38.8 Å². The second-order valence-corrected chi connectivity index (χ2v) is 13.2. The van der Waals surface area contributed by atoms with Crippen LogP contribution in [0, 0.1) is 0 Å². The molecular formula is C36H48N6O13. The number of nitrogens with zero attached hydrogens (tertiary/aromatic N) is 6. The van der Waals surface area contributed by atoms with Crippen molar-refractivity contribution in [3.8, 4) is 5.88 Å². The molecule has 3 atom stereocenters. The first kappa shape index (κ1) is 43.4. The minimum absolute atomic E-state index is 0.0327. The number of hydrogen-bond acceptors (Lipinski definition) is 14. The van der Waals surface area contributed by atoms with Crippen molar-refractivity contribution in [2.75, 3.05) is 61.0 Å². The first-order chi connectivity index (χ1) is 25.8. The summed E-state index contributed by atoms with van der Waals surface area (Å²) in [6.45, 7) is 3.37. The van der Waals surface area contributed by atoms with E-state index in [0.717, 1.165) is 25.2 Å². The van der Waals surface area contributed by atoms with E-state index in [0.29, 0.717) is 18.0 Å². The topological polar surface area (TPSA) is 213 Å². The van der Waals surface area contributed by atoms with E-state index in [9.17, 15) is 38.4 Å². The van der Waals surface area contributed by atoms with E-state index in [1.54, 1.807) is 29.1 Å². The average molecular weight is 773 g/mol. The molecule has 1 aromatic carbocycles. The van der Waals surface area contributed by atoms with Gasteiger partial charge in [0.15, 0.2) is 25.4 Å². The van der Waals surface area contributed by atoms with Gasteiger partial charge in [-0.15, -0.1) is 5.10 Å². The fourth-order valence-corrected chi connectivity index (χ4v) is 5.10. The largest absolute Gasteiger partial charge is 0.474 e. The van der Waals surface area contributed by atoms with E-state index in [2.05, 4.69) is 5.10 Å². The molecule has 300 valence electrons. The second-order valence-electron chi connectivity index (χ2n) is 13.2. The van der Waals surface area contributed by atoms with Crippen LogP contribution in [0.3, 0.4) is 0 Å². The molecule has 19 heteroatoms. The van der Waals surface area contributed by atoms with Gasteiger partial charge in [-0.3, -0.25) is 38.2 Å². The van der Waals surface area contributed by atoms with Gasteiger partial charge in [0, 0.05) is 46.9 Å². The summed E-state index contributed by atoms with van der Waals surface area (Å²) in [7, 11) is 5.05. The van der Waals surface area contributed by atoms with Gasteiger partial charge in [-0.05, 0) is 38.8 Å². The number of likely N-dealkylation sites (N-methyl/N-ethyl adjacent to an activating group) is 4. The Morgan fingerprint density at radius 2 is 1.20 bits per heavy atom. The zero-order valence-corrected chi connectivity index (χ0v) is 32.2. The van der Waals surface area contributed by atoms with Crippen LogP contribution in [-0.2, 0) is 70.3 Å². The van der Waals surface area contributed by atoms with Crippen molar-refractivity contribution >= 4 is 47.5 Å². The van der Waals surface area contributed by atoms with Crippen LogP contribution in [0.25, 0.3) is 0 Å². The molecule has 0 aliphatic carbocycles. The maximum Gasteiger partial charge on any atom is 0.329 e. The lowest BCUT2D eigenvalue weighted by Crippen LogP contribution is -2.49. The third kappa shape index (κ3) is 13.4. The van der Waals surface area contributed by atoms with Crippen molar-refractivity contribution in [1.29, 1.82) is 0 Å². The second kappa shape index (κ2) is 19.9. The first-order valence-electron chi connectivity index (χ1n) is 17.3. The fourth-order valence-electron chi connectivity index (χ4n) is 5.10. The van der Waals surface area contributed by atoms with E-state index in [1.807, 2.05) is 26.0 Å². The number of benzene rings is 1. The third-order valence-corrected chi connectivity index (χ3v) is 8.19. The van der Waals surface area contributed by atoms with E-state index < -0.39 is 98.6 Å². The summed E-state index contributed by atoms with van der Waals surface area (Å²) in [6.07, 6.45) is -1.10. The van der Waals surface area contributed by atoms with Gasteiger partial charge >= 0.3 is 23.9 Å². The summed E-state index contributed by atoms with van der Waals surface area (Å²) in [5.74, 6) is -6.51. The molecule has 19 nitrogen and oxygen atoms in total. The van der Waals surface area contributed by atoms with Crippen LogP contribution in [0.4, 0.5) is 0 Å². The maximum absolute atomic E-state index is 13.6. The van der Waals surface area contributed by atoms with Gasteiger partial charge in [-0.1, -0.05) is 24.3 Å². The molecule has 1 aliphatic heterocycles. The van der Waals surface area contributed by atoms with Gasteiger partial charge in [0.1, 0.15) is 25.7 Å². The lowest BCUT2D eigenvalue weighted by Gasteiger charge is -2.29. The zero-order valence-electron chi connectivity index (χ0n) is 32.2. The lowest BCUT2D eigenvalue weighted by atomic mass is 10.0. The highest BCUT2D eigenvalue weighted by Gasteiger charge is 2.33. The summed E-state index contributed by atoms with van der Waals surface area (Å²) in [4.78, 5) is 106. The van der Waals surface area contributed by atoms with E-state index >= 15 is 0 Å². The molecule has 0 bridgehead atoms. The minimum atomic E-state index is -1.42. The predicted molar refractivity (Wildman–Crippen MR) is 190 cm³/mol. The smallest absolute Gasteiger partial charge is 0.329 e. The van der Waals surface area contributed by atoms with E-state index in [1.165, 1.54) is 42.0 Å². The SMILES string of the molecule is CC(C)Oc1ccn(Cc2ccc(CC3C(=O)OC(C)C(=O)N(C)CC(=O)OCC(=O)N(C)CC(=O)OC(C)C(=O)N(C)CC(=O)OCC(=O)N3C)cc2)n1. The number of aromatic nitrogens is 2. The quantitative estimate of drug-likeness (QED) is 0.266. The maximum atomic E-state index is 13.6. The van der Waals surface area contributed by atoms with Crippen molar-refractivity contribution in [2.24, 2.45) is 0 Å². The Kier molecular flexibility index (Phi) is 15.7. The predicted octanol–water partition coefficient (Wildman–Crippen LogP) is -0.573. The molecule has 2 aromatic rings. The van der Waals surface area contributed by atoms with Gasteiger partial charge in [0.2, 0.25) is 5.88 Å². The molecular weight excluding hydrogens is 724 g/mol. The number of rotatable bonds is 6. The normalized spacial score (nSPS) is 21.2. The highest BCUT2D eigenvalue weighted by molar-refractivity contribution is 5.91. The number of amides is 4. The average Bonchev–Trinajstić information content (AvgIpc) is 3.56. The highest BCUT2D eigenvalue weighted by Crippen LogP contribution is 2.16. The van der Waals surface area contributed by atoms with Crippen LogP contribution in [-0.4, -0.2) is 162 Å². The van der Waals surface area contributed by atoms with E-state index in [-0.39, 0.29) is 12.5 Å². The van der Waals surface area contributed by atoms with Crippen molar-refractivity contribution in [3.05, 3.63) is 47.7 Å². The Morgan fingerprint density at radius 3 is 1.76 bits per heavy atom. The summed E-state index contributed by atoms with van der Waals surface area (Å²) in [5, 5.41) is 4.39. The summed E-state index contributed by atoms with van der Waals surface area (Å²) < 4.78 is 27.9. The van der Waals surface area contributed by atoms with Gasteiger partial charge in [-0.25, -0.2) is 4.79 Å². The zero-order chi connectivity index (χ0) is 41.0. The molecule has 0 N–H and O–H groups in total. The summed E-state index contributed by atoms with van der Waals surface area (Å²) in [6, 6.07) is 7.59. The number of carbonyl (C=O) groups is 8. The minimum Gasteiger partial charge on any atom is -0.474 e. The molecule has 55 heavy (non-hydrogen) atoms. The Hall–Kier alpha value is -6.01. The molecule has 0 saturated carbocycles. The molecule has 1 aliphatic rings. The van der Waals surface area contributed by atoms with Gasteiger partial charge in [0.25, 0.3) is 23.6 Å². The van der Waals surface area contributed by atoms with Crippen molar-refractivity contribution in [2.45, 2.75) is 65.0 Å². The molecule has 0 spiro atoms. The molecule has 1 aromatic heterocycles. The first-order valence-corrected chi connectivity index (χ1v) is 17.3. The van der Waals surface area contributed by atoms with Crippen molar-refractivity contribution < 1.29 is 62.0 Å². The number of esters is 4. The number of carbonyl (C=O) groups excluding carboxylic acids is 8. The Morgan fingerprint density at radius 1 is 0.691 bits per heavy atom. The summed E-state index contributed by atoms with van der Waals surface area (Å²) in [5.41, 5.74) is 1.50. The number of cyclic esters (lactones) is 4. The van der Waals surface area contributed by atoms with Crippen LogP contribution in [0.2, 0.25) is 0 Å². The molecule has 4 amide bonds. The fraction of sp³-hybridized carbons (Fsp3) is 0.528. The van der Waals surface area contributed by atoms with Gasteiger partial charge < -0.3 is 43.3 Å². The number of ether oxygens (including phenoxy) is 5. The van der Waals surface area contributed by atoms with Gasteiger partial charge in [-0.2, -0.15) is 0 Å². The number of hydrogen-bond donors (Lipinski definition) is 0. The standard InChI is InChI=1S/C36H48N6O13/c1-22(2)53-28-13-14-42(37-28)16-26-11-9-25(10-12-26)15-27-36(50)55-24(4)35(49)40(7)17-31(45)51-20-29(43)38(5)19-33(47)54-23(3)34(48)39(6)18-32(46)52-21-30(44)41(27)8/h9-14,22-24,27H,15-21H2,1-8H3. The van der Waals surface area contributed by atoms with Crippen molar-refractivity contribution in [1.82, 2.24) is 29.4 Å². The van der Waals surface area contributed by atoms with E-state index in [4.69, 9.17) is 23.7 Å². The van der Waals surface area contributed by atoms with Crippen molar-refractivity contribution in [3.63, 3.8) is 0 Å². The van der Waals surface area contributed by atoms with Crippen LogP contribution < -0.4 is 4.74 Å². The monoisotopic (exact) mass is 772 g/mol. The van der Waals surface area contributed by atoms with Crippen LogP contribution in [0.5, 0.6) is 5.88 Å². The molecule has 3 rings (SSSR count). The Balaban J connectivity index is 1.82. The van der Waals surface area contributed by atoms with Crippen LogP contribution in [0.15, 0.2) is 36.5 Å². The Labute approximate surface area is 318 Å².